The zero-order valence-corrected chi connectivity index (χ0v) is 13.8. The third-order valence-corrected chi connectivity index (χ3v) is 3.33. The monoisotopic (exact) mass is 353 g/mol. The van der Waals surface area contributed by atoms with Crippen molar-refractivity contribution < 1.29 is 4.74 Å². The van der Waals surface area contributed by atoms with Crippen LogP contribution < -0.4 is 15.9 Å². The summed E-state index contributed by atoms with van der Waals surface area (Å²) < 4.78 is 5.72. The average Bonchev–Trinajstić information content (AvgIpc) is 2.46. The molecule has 22 heavy (non-hydrogen) atoms. The van der Waals surface area contributed by atoms with Crippen LogP contribution in [0.3, 0.4) is 0 Å². The van der Waals surface area contributed by atoms with Crippen molar-refractivity contribution in [3.05, 3.63) is 63.6 Å². The van der Waals surface area contributed by atoms with E-state index < -0.39 is 0 Å². The molecule has 0 radical (unpaired) electrons. The number of hydrogen-bond acceptors (Lipinski definition) is 3. The van der Waals surface area contributed by atoms with Gasteiger partial charge in [-0.15, -0.1) is 0 Å². The van der Waals surface area contributed by atoms with Crippen LogP contribution in [0.2, 0.25) is 10.0 Å². The number of hydrogen-bond donors (Lipinski definition) is 2. The summed E-state index contributed by atoms with van der Waals surface area (Å²) >= 11 is 16.6. The van der Waals surface area contributed by atoms with Gasteiger partial charge in [0.05, 0.1) is 6.21 Å². The maximum Gasteiger partial charge on any atom is 0.184 e. The number of halogens is 2. The van der Waals surface area contributed by atoms with E-state index >= 15 is 0 Å². The molecule has 0 spiro atoms. The molecule has 0 saturated heterocycles. The van der Waals surface area contributed by atoms with Gasteiger partial charge >= 0.3 is 0 Å². The zero-order chi connectivity index (χ0) is 15.9. The van der Waals surface area contributed by atoms with E-state index in [0.29, 0.717) is 22.4 Å². The summed E-state index contributed by atoms with van der Waals surface area (Å²) in [5.74, 6) is 0.699. The Morgan fingerprint density at radius 2 is 2.09 bits per heavy atom. The fraction of sp³-hybridized carbons (Fsp3) is 0.0667. The highest BCUT2D eigenvalue weighted by molar-refractivity contribution is 7.80. The lowest BCUT2D eigenvalue weighted by molar-refractivity contribution is 0.306. The molecule has 0 amide bonds. The van der Waals surface area contributed by atoms with Crippen molar-refractivity contribution >= 4 is 46.7 Å². The van der Waals surface area contributed by atoms with Gasteiger partial charge < -0.3 is 10.5 Å². The van der Waals surface area contributed by atoms with Crippen LogP contribution in [-0.4, -0.2) is 11.3 Å². The van der Waals surface area contributed by atoms with Crippen LogP contribution in [0.5, 0.6) is 5.75 Å². The summed E-state index contributed by atoms with van der Waals surface area (Å²) in [6.07, 6.45) is 1.60. The fourth-order valence-electron chi connectivity index (χ4n) is 1.65. The molecule has 2 rings (SSSR count). The topological polar surface area (TPSA) is 59.6 Å². The number of hydrazone groups is 1. The van der Waals surface area contributed by atoms with Crippen molar-refractivity contribution in [3.8, 4) is 5.75 Å². The van der Waals surface area contributed by atoms with Crippen molar-refractivity contribution in [2.24, 2.45) is 10.8 Å². The first-order valence-corrected chi connectivity index (χ1v) is 7.46. The summed E-state index contributed by atoms with van der Waals surface area (Å²) in [5, 5.41) is 5.17. The van der Waals surface area contributed by atoms with Gasteiger partial charge in [-0.25, -0.2) is 0 Å². The van der Waals surface area contributed by atoms with E-state index in [1.54, 1.807) is 18.3 Å². The lowest BCUT2D eigenvalue weighted by Gasteiger charge is -2.08. The van der Waals surface area contributed by atoms with E-state index in [4.69, 9.17) is 33.7 Å². The molecule has 0 aromatic heterocycles. The van der Waals surface area contributed by atoms with Crippen molar-refractivity contribution in [2.45, 2.75) is 6.61 Å². The Bertz CT molecular complexity index is 707. The Hall–Kier alpha value is -1.82. The zero-order valence-electron chi connectivity index (χ0n) is 11.4. The molecule has 0 aliphatic carbocycles. The highest BCUT2D eigenvalue weighted by Crippen LogP contribution is 2.22. The minimum Gasteiger partial charge on any atom is -0.489 e. The van der Waals surface area contributed by atoms with Crippen LogP contribution in [0, 0.1) is 0 Å². The third-order valence-electron chi connectivity index (χ3n) is 2.66. The third kappa shape index (κ3) is 5.18. The molecule has 7 heteroatoms. The number of ether oxygens (including phenoxy) is 1. The summed E-state index contributed by atoms with van der Waals surface area (Å²) in [5.41, 5.74) is 9.49. The molecule has 0 unspecified atom stereocenters. The normalized spacial score (nSPS) is 10.6. The first-order chi connectivity index (χ1) is 10.5. The van der Waals surface area contributed by atoms with Gasteiger partial charge in [0, 0.05) is 15.6 Å². The summed E-state index contributed by atoms with van der Waals surface area (Å²) in [7, 11) is 0. The van der Waals surface area contributed by atoms with Crippen molar-refractivity contribution in [1.82, 2.24) is 5.43 Å². The van der Waals surface area contributed by atoms with Gasteiger partial charge in [0.1, 0.15) is 12.4 Å². The molecule has 0 aliphatic heterocycles. The summed E-state index contributed by atoms with van der Waals surface area (Å²) in [6, 6.07) is 12.7. The predicted octanol–water partition coefficient (Wildman–Crippen LogP) is 3.74. The maximum atomic E-state index is 6.11. The number of thiocarbonyl (C=S) groups is 1. The van der Waals surface area contributed by atoms with E-state index in [0.717, 1.165) is 11.1 Å². The number of nitrogens with one attached hydrogen (secondary N) is 1. The van der Waals surface area contributed by atoms with Crippen LogP contribution >= 0.6 is 35.4 Å². The molecule has 114 valence electrons. The molecule has 0 bridgehead atoms. The van der Waals surface area contributed by atoms with Gasteiger partial charge in [-0.1, -0.05) is 41.4 Å². The molecule has 2 aromatic rings. The Kier molecular flexibility index (Phi) is 6.00. The molecule has 2 aromatic carbocycles. The van der Waals surface area contributed by atoms with E-state index in [2.05, 4.69) is 22.7 Å². The first kappa shape index (κ1) is 16.5. The van der Waals surface area contributed by atoms with Gasteiger partial charge in [0.25, 0.3) is 0 Å². The van der Waals surface area contributed by atoms with E-state index in [9.17, 15) is 0 Å². The molecular weight excluding hydrogens is 341 g/mol. The SMILES string of the molecule is NC(=S)NN=Cc1cccc(OCc2ccc(Cl)cc2Cl)c1. The second kappa shape index (κ2) is 7.98. The number of nitrogens with zero attached hydrogens (tertiary/aromatic N) is 1. The van der Waals surface area contributed by atoms with Gasteiger partial charge in [-0.2, -0.15) is 5.10 Å². The van der Waals surface area contributed by atoms with E-state index in [1.165, 1.54) is 0 Å². The highest BCUT2D eigenvalue weighted by atomic mass is 35.5. The molecular formula is C15H13Cl2N3OS. The fourth-order valence-corrected chi connectivity index (χ4v) is 2.17. The van der Waals surface area contributed by atoms with Gasteiger partial charge in [0.2, 0.25) is 0 Å². The molecule has 3 N–H and O–H groups in total. The molecule has 0 fully saturated rings. The van der Waals surface area contributed by atoms with Gasteiger partial charge in [0.15, 0.2) is 5.11 Å². The second-order valence-corrected chi connectivity index (χ2v) is 5.61. The van der Waals surface area contributed by atoms with Crippen molar-refractivity contribution in [2.75, 3.05) is 0 Å². The van der Waals surface area contributed by atoms with Crippen LogP contribution in [0.15, 0.2) is 47.6 Å². The van der Waals surface area contributed by atoms with Gasteiger partial charge in [-0.3, -0.25) is 5.43 Å². The standard InChI is InChI=1S/C15H13Cl2N3OS/c16-12-5-4-11(14(17)7-12)9-21-13-3-1-2-10(6-13)8-19-20-15(18)22/h1-8H,9H2,(H3,18,20,22). The Morgan fingerprint density at radius 1 is 1.27 bits per heavy atom. The van der Waals surface area contributed by atoms with Crippen LogP contribution in [0.25, 0.3) is 0 Å². The molecule has 0 aliphatic rings. The van der Waals surface area contributed by atoms with Crippen LogP contribution in [0.4, 0.5) is 0 Å². The average molecular weight is 354 g/mol. The number of nitrogens with two attached hydrogens (primary N) is 1. The van der Waals surface area contributed by atoms with Crippen molar-refractivity contribution in [3.63, 3.8) is 0 Å². The number of rotatable bonds is 5. The van der Waals surface area contributed by atoms with E-state index in [1.807, 2.05) is 30.3 Å². The minimum atomic E-state index is 0.112. The lowest BCUT2D eigenvalue weighted by atomic mass is 10.2. The number of benzene rings is 2. The summed E-state index contributed by atoms with van der Waals surface area (Å²) in [4.78, 5) is 0. The van der Waals surface area contributed by atoms with Crippen LogP contribution in [0.1, 0.15) is 11.1 Å². The smallest absolute Gasteiger partial charge is 0.184 e. The quantitative estimate of drug-likeness (QED) is 0.488. The van der Waals surface area contributed by atoms with Crippen molar-refractivity contribution in [1.29, 1.82) is 0 Å². The second-order valence-electron chi connectivity index (χ2n) is 4.33. The Balaban J connectivity index is 2.01. The Labute approximate surface area is 143 Å². The molecule has 0 heterocycles. The van der Waals surface area contributed by atoms with Gasteiger partial charge in [-0.05, 0) is 42.0 Å². The van der Waals surface area contributed by atoms with E-state index in [-0.39, 0.29) is 5.11 Å². The minimum absolute atomic E-state index is 0.112. The summed E-state index contributed by atoms with van der Waals surface area (Å²) in [6.45, 7) is 0.349. The predicted molar refractivity (Wildman–Crippen MR) is 94.8 cm³/mol. The van der Waals surface area contributed by atoms with Crippen LogP contribution in [-0.2, 0) is 6.61 Å². The maximum absolute atomic E-state index is 6.11. The highest BCUT2D eigenvalue weighted by Gasteiger charge is 2.03. The largest absolute Gasteiger partial charge is 0.489 e. The first-order valence-electron chi connectivity index (χ1n) is 6.30. The molecule has 0 atom stereocenters. The Morgan fingerprint density at radius 3 is 2.82 bits per heavy atom. The lowest BCUT2D eigenvalue weighted by Crippen LogP contribution is -2.23. The molecule has 0 saturated carbocycles. The molecule has 4 nitrogen and oxygen atoms in total.